The Morgan fingerprint density at radius 2 is 2.28 bits per heavy atom. The van der Waals surface area contributed by atoms with Crippen LogP contribution >= 0.6 is 0 Å². The van der Waals surface area contributed by atoms with Crippen molar-refractivity contribution in [2.45, 2.75) is 6.92 Å². The van der Waals surface area contributed by atoms with Crippen molar-refractivity contribution < 1.29 is 4.79 Å². The molecule has 0 saturated carbocycles. The van der Waals surface area contributed by atoms with Crippen molar-refractivity contribution in [1.82, 2.24) is 10.3 Å². The third-order valence-electron chi connectivity index (χ3n) is 3.40. The summed E-state index contributed by atoms with van der Waals surface area (Å²) >= 11 is 0. The number of fused-ring (bicyclic) bond motifs is 3. The van der Waals surface area contributed by atoms with Gasteiger partial charge in [-0.2, -0.15) is 0 Å². The highest BCUT2D eigenvalue weighted by Crippen LogP contribution is 2.31. The monoisotopic (exact) mass is 241 g/mol. The van der Waals surface area contributed by atoms with E-state index < -0.39 is 0 Å². The fraction of sp³-hybridized carbons (Fsp3) is 0.286. The summed E-state index contributed by atoms with van der Waals surface area (Å²) in [6, 6.07) is 5.83. The molecule has 2 heterocycles. The zero-order chi connectivity index (χ0) is 12.5. The molecule has 0 spiro atoms. The number of amides is 1. The van der Waals surface area contributed by atoms with Gasteiger partial charge in [0.05, 0.1) is 11.3 Å². The first-order chi connectivity index (χ1) is 8.81. The molecule has 3 rings (SSSR count). The third-order valence-corrected chi connectivity index (χ3v) is 3.40. The van der Waals surface area contributed by atoms with Gasteiger partial charge in [-0.15, -0.1) is 0 Å². The zero-order valence-electron chi connectivity index (χ0n) is 10.3. The molecule has 1 aromatic heterocycles. The van der Waals surface area contributed by atoms with E-state index in [4.69, 9.17) is 0 Å². The van der Waals surface area contributed by atoms with E-state index in [0.29, 0.717) is 6.54 Å². The first-order valence-corrected chi connectivity index (χ1v) is 6.21. The number of hydrogen-bond acceptors (Lipinski definition) is 3. The lowest BCUT2D eigenvalue weighted by atomic mass is 10.0. The molecule has 2 aromatic rings. The molecule has 0 bridgehead atoms. The van der Waals surface area contributed by atoms with Crippen LogP contribution in [0.5, 0.6) is 0 Å². The smallest absolute Gasteiger partial charge is 0.253 e. The van der Waals surface area contributed by atoms with Gasteiger partial charge in [-0.05, 0) is 19.1 Å². The Kier molecular flexibility index (Phi) is 2.63. The molecule has 18 heavy (non-hydrogen) atoms. The van der Waals surface area contributed by atoms with Crippen LogP contribution in [0.2, 0.25) is 0 Å². The molecule has 1 amide bonds. The van der Waals surface area contributed by atoms with E-state index in [1.54, 1.807) is 6.20 Å². The lowest BCUT2D eigenvalue weighted by Gasteiger charge is -2.23. The number of rotatable bonds is 1. The molecule has 0 saturated heterocycles. The van der Waals surface area contributed by atoms with E-state index in [1.165, 1.54) is 0 Å². The number of pyridine rings is 1. The van der Waals surface area contributed by atoms with Crippen LogP contribution in [0, 0.1) is 0 Å². The minimum absolute atomic E-state index is 0.0136. The molecule has 4 heteroatoms. The lowest BCUT2D eigenvalue weighted by Crippen LogP contribution is -2.29. The highest BCUT2D eigenvalue weighted by molar-refractivity contribution is 6.09. The Morgan fingerprint density at radius 3 is 3.11 bits per heavy atom. The third kappa shape index (κ3) is 1.61. The Hall–Kier alpha value is -2.10. The van der Waals surface area contributed by atoms with Crippen LogP contribution in [0.15, 0.2) is 30.6 Å². The first kappa shape index (κ1) is 11.0. The Balaban J connectivity index is 2.33. The number of benzene rings is 1. The van der Waals surface area contributed by atoms with Crippen LogP contribution in [0.25, 0.3) is 10.8 Å². The van der Waals surface area contributed by atoms with Crippen LogP contribution in [0.4, 0.5) is 5.69 Å². The fourth-order valence-electron chi connectivity index (χ4n) is 2.50. The van der Waals surface area contributed by atoms with Gasteiger partial charge in [-0.3, -0.25) is 9.78 Å². The molecular weight excluding hydrogens is 226 g/mol. The highest BCUT2D eigenvalue weighted by atomic mass is 16.1. The minimum atomic E-state index is 0.0136. The number of anilines is 1. The predicted octanol–water partition coefficient (Wildman–Crippen LogP) is 1.80. The Morgan fingerprint density at radius 1 is 1.39 bits per heavy atom. The van der Waals surface area contributed by atoms with Crippen molar-refractivity contribution in [2.24, 2.45) is 0 Å². The molecule has 0 unspecified atom stereocenters. The first-order valence-electron chi connectivity index (χ1n) is 6.21. The number of hydrogen-bond donors (Lipinski definition) is 1. The van der Waals surface area contributed by atoms with Crippen molar-refractivity contribution >= 4 is 22.4 Å². The number of nitrogens with zero attached hydrogens (tertiary/aromatic N) is 2. The molecule has 1 aliphatic rings. The maximum atomic E-state index is 12.1. The second kappa shape index (κ2) is 4.29. The molecule has 1 aromatic carbocycles. The normalized spacial score (nSPS) is 15.2. The summed E-state index contributed by atoms with van der Waals surface area (Å²) < 4.78 is 0. The molecule has 0 fully saturated rings. The van der Waals surface area contributed by atoms with Crippen molar-refractivity contribution in [3.8, 4) is 0 Å². The summed E-state index contributed by atoms with van der Waals surface area (Å²) in [5, 5.41) is 5.11. The summed E-state index contributed by atoms with van der Waals surface area (Å²) in [4.78, 5) is 18.4. The van der Waals surface area contributed by atoms with Gasteiger partial charge in [-0.1, -0.05) is 6.07 Å². The molecule has 0 aliphatic carbocycles. The van der Waals surface area contributed by atoms with Crippen LogP contribution < -0.4 is 10.2 Å². The zero-order valence-corrected chi connectivity index (χ0v) is 10.3. The topological polar surface area (TPSA) is 45.2 Å². The SMILES string of the molecule is CCN1CCNC(=O)c2ccc3cnccc3c21. The van der Waals surface area contributed by atoms with E-state index in [1.807, 2.05) is 24.4 Å². The highest BCUT2D eigenvalue weighted by Gasteiger charge is 2.21. The van der Waals surface area contributed by atoms with E-state index >= 15 is 0 Å². The maximum Gasteiger partial charge on any atom is 0.253 e. The number of likely N-dealkylation sites (N-methyl/N-ethyl adjacent to an activating group) is 1. The van der Waals surface area contributed by atoms with Gasteiger partial charge >= 0.3 is 0 Å². The number of nitrogens with one attached hydrogen (secondary N) is 1. The summed E-state index contributed by atoms with van der Waals surface area (Å²) in [7, 11) is 0. The molecule has 92 valence electrons. The summed E-state index contributed by atoms with van der Waals surface area (Å²) in [6.45, 7) is 4.54. The van der Waals surface area contributed by atoms with Crippen molar-refractivity contribution in [1.29, 1.82) is 0 Å². The van der Waals surface area contributed by atoms with Gasteiger partial charge in [-0.25, -0.2) is 0 Å². The van der Waals surface area contributed by atoms with Crippen LogP contribution in [-0.2, 0) is 0 Å². The average Bonchev–Trinajstić information content (AvgIpc) is 2.58. The Labute approximate surface area is 106 Å². The predicted molar refractivity (Wildman–Crippen MR) is 72.0 cm³/mol. The summed E-state index contributed by atoms with van der Waals surface area (Å²) in [6.07, 6.45) is 3.62. The quantitative estimate of drug-likeness (QED) is 0.828. The largest absolute Gasteiger partial charge is 0.369 e. The fourth-order valence-corrected chi connectivity index (χ4v) is 2.50. The van der Waals surface area contributed by atoms with Gasteiger partial charge < -0.3 is 10.2 Å². The summed E-state index contributed by atoms with van der Waals surface area (Å²) in [5.74, 6) is 0.0136. The van der Waals surface area contributed by atoms with Gasteiger partial charge in [0.15, 0.2) is 0 Å². The van der Waals surface area contributed by atoms with Gasteiger partial charge in [0.1, 0.15) is 0 Å². The number of carbonyl (C=O) groups is 1. The van der Waals surface area contributed by atoms with E-state index in [-0.39, 0.29) is 5.91 Å². The van der Waals surface area contributed by atoms with Crippen LogP contribution in [-0.4, -0.2) is 30.5 Å². The van der Waals surface area contributed by atoms with Gasteiger partial charge in [0.25, 0.3) is 5.91 Å². The van der Waals surface area contributed by atoms with Crippen molar-refractivity contribution in [3.05, 3.63) is 36.2 Å². The summed E-state index contributed by atoms with van der Waals surface area (Å²) in [5.41, 5.74) is 1.79. The van der Waals surface area contributed by atoms with Crippen LogP contribution in [0.3, 0.4) is 0 Å². The Bertz CT molecular complexity index is 609. The van der Waals surface area contributed by atoms with Gasteiger partial charge in [0, 0.05) is 42.8 Å². The maximum absolute atomic E-state index is 12.1. The second-order valence-electron chi connectivity index (χ2n) is 4.39. The van der Waals surface area contributed by atoms with Crippen molar-refractivity contribution in [2.75, 3.05) is 24.5 Å². The minimum Gasteiger partial charge on any atom is -0.369 e. The van der Waals surface area contributed by atoms with Crippen LogP contribution in [0.1, 0.15) is 17.3 Å². The molecule has 0 radical (unpaired) electrons. The molecule has 1 aliphatic heterocycles. The van der Waals surface area contributed by atoms with Gasteiger partial charge in [0.2, 0.25) is 0 Å². The number of carbonyl (C=O) groups excluding carboxylic acids is 1. The number of aromatic nitrogens is 1. The standard InChI is InChI=1S/C14H15N3O/c1-2-17-8-7-16-14(18)12-4-3-10-9-15-6-5-11(10)13(12)17/h3-6,9H,2,7-8H2,1H3,(H,16,18). The lowest BCUT2D eigenvalue weighted by molar-refractivity contribution is 0.0958. The molecule has 1 N–H and O–H groups in total. The van der Waals surface area contributed by atoms with E-state index in [2.05, 4.69) is 22.1 Å². The van der Waals surface area contributed by atoms with E-state index in [0.717, 1.165) is 35.1 Å². The second-order valence-corrected chi connectivity index (χ2v) is 4.39. The average molecular weight is 241 g/mol. The molecular formula is C14H15N3O. The molecule has 4 nitrogen and oxygen atoms in total. The van der Waals surface area contributed by atoms with Crippen molar-refractivity contribution in [3.63, 3.8) is 0 Å². The van der Waals surface area contributed by atoms with E-state index in [9.17, 15) is 4.79 Å². The molecule has 0 atom stereocenters.